The molecule has 0 aliphatic rings. The minimum atomic E-state index is -0.0553. The first kappa shape index (κ1) is 16.7. The van der Waals surface area contributed by atoms with Crippen molar-refractivity contribution in [3.05, 3.63) is 29.3 Å². The van der Waals surface area contributed by atoms with Gasteiger partial charge in [-0.15, -0.1) is 33.3 Å². The fraction of sp³-hybridized carbons (Fsp3) is 0.286. The number of para-hydroxylation sites is 1. The summed E-state index contributed by atoms with van der Waals surface area (Å²) >= 11 is 6.26. The van der Waals surface area contributed by atoms with E-state index in [-0.39, 0.29) is 5.91 Å². The van der Waals surface area contributed by atoms with E-state index in [1.807, 2.05) is 18.2 Å². The van der Waals surface area contributed by atoms with Gasteiger partial charge in [0.2, 0.25) is 11.0 Å². The van der Waals surface area contributed by atoms with E-state index in [4.69, 9.17) is 0 Å². The topological polar surface area (TPSA) is 67.8 Å². The van der Waals surface area contributed by atoms with E-state index in [0.29, 0.717) is 10.9 Å². The smallest absolute Gasteiger partial charge is 0.236 e. The SMILES string of the molecule is CCSc1nnc(NC(=O)CSCc2nc3ccccc3s2)s1. The van der Waals surface area contributed by atoms with Crippen molar-refractivity contribution in [2.45, 2.75) is 17.0 Å². The van der Waals surface area contributed by atoms with E-state index in [1.54, 1.807) is 34.9 Å². The summed E-state index contributed by atoms with van der Waals surface area (Å²) in [5.74, 6) is 2.01. The van der Waals surface area contributed by atoms with E-state index in [1.165, 1.54) is 16.0 Å². The van der Waals surface area contributed by atoms with Crippen molar-refractivity contribution < 1.29 is 4.79 Å². The lowest BCUT2D eigenvalue weighted by Gasteiger charge is -1.99. The van der Waals surface area contributed by atoms with Crippen LogP contribution in [0, 0.1) is 0 Å². The molecule has 0 saturated carbocycles. The highest BCUT2D eigenvalue weighted by Crippen LogP contribution is 2.26. The van der Waals surface area contributed by atoms with Gasteiger partial charge in [0.15, 0.2) is 4.34 Å². The van der Waals surface area contributed by atoms with Gasteiger partial charge < -0.3 is 0 Å². The van der Waals surface area contributed by atoms with Crippen LogP contribution in [-0.4, -0.2) is 32.6 Å². The van der Waals surface area contributed by atoms with E-state index in [2.05, 4.69) is 33.5 Å². The van der Waals surface area contributed by atoms with Gasteiger partial charge in [-0.25, -0.2) is 4.98 Å². The number of anilines is 1. The second-order valence-electron chi connectivity index (χ2n) is 4.42. The first-order valence-electron chi connectivity index (χ1n) is 6.93. The monoisotopic (exact) mass is 382 g/mol. The molecule has 0 unspecified atom stereocenters. The van der Waals surface area contributed by atoms with Gasteiger partial charge in [-0.05, 0) is 17.9 Å². The Morgan fingerprint density at radius 3 is 2.96 bits per heavy atom. The number of carbonyl (C=O) groups is 1. The predicted molar refractivity (Wildman–Crippen MR) is 101 cm³/mol. The number of thiazole rings is 1. The number of hydrogen-bond acceptors (Lipinski definition) is 8. The zero-order chi connectivity index (χ0) is 16.1. The van der Waals surface area contributed by atoms with Gasteiger partial charge in [0.1, 0.15) is 5.01 Å². The Kier molecular flexibility index (Phi) is 5.87. The summed E-state index contributed by atoms with van der Waals surface area (Å²) in [6.07, 6.45) is 0. The van der Waals surface area contributed by atoms with Gasteiger partial charge in [0.05, 0.1) is 16.0 Å². The van der Waals surface area contributed by atoms with Crippen LogP contribution in [0.15, 0.2) is 28.6 Å². The standard InChI is InChI=1S/C14H14N4OS4/c1-2-21-14-18-17-13(23-14)16-11(19)7-20-8-12-15-9-5-3-4-6-10(9)22-12/h3-6H,2,7-8H2,1H3,(H,16,17,19). The van der Waals surface area contributed by atoms with Crippen molar-refractivity contribution >= 4 is 67.5 Å². The number of carbonyl (C=O) groups excluding carboxylic acids is 1. The third-order valence-corrected chi connectivity index (χ3v) is 6.73. The van der Waals surface area contributed by atoms with Crippen molar-refractivity contribution in [2.24, 2.45) is 0 Å². The normalized spacial score (nSPS) is 11.0. The molecule has 0 atom stereocenters. The molecule has 0 radical (unpaired) electrons. The Labute approximate surface area is 150 Å². The highest BCUT2D eigenvalue weighted by atomic mass is 32.2. The molecule has 120 valence electrons. The van der Waals surface area contributed by atoms with Crippen molar-refractivity contribution in [3.63, 3.8) is 0 Å². The second-order valence-corrected chi connectivity index (χ2v) is 9.01. The highest BCUT2D eigenvalue weighted by molar-refractivity contribution is 8.01. The molecule has 23 heavy (non-hydrogen) atoms. The first-order valence-corrected chi connectivity index (χ1v) is 10.7. The summed E-state index contributed by atoms with van der Waals surface area (Å²) < 4.78 is 2.06. The van der Waals surface area contributed by atoms with Gasteiger partial charge in [0, 0.05) is 5.75 Å². The van der Waals surface area contributed by atoms with Gasteiger partial charge in [-0.1, -0.05) is 42.2 Å². The Morgan fingerprint density at radius 2 is 2.13 bits per heavy atom. The Bertz CT molecular complexity index is 768. The molecule has 0 bridgehead atoms. The lowest BCUT2D eigenvalue weighted by molar-refractivity contribution is -0.113. The Balaban J connectivity index is 1.46. The lowest BCUT2D eigenvalue weighted by atomic mass is 10.3. The van der Waals surface area contributed by atoms with Crippen LogP contribution in [0.5, 0.6) is 0 Å². The Hall–Kier alpha value is -1.16. The van der Waals surface area contributed by atoms with Crippen LogP contribution in [-0.2, 0) is 10.5 Å². The van der Waals surface area contributed by atoms with Crippen molar-refractivity contribution in [1.82, 2.24) is 15.2 Å². The van der Waals surface area contributed by atoms with Crippen LogP contribution >= 0.6 is 46.2 Å². The zero-order valence-corrected chi connectivity index (χ0v) is 15.6. The summed E-state index contributed by atoms with van der Waals surface area (Å²) in [6, 6.07) is 8.07. The van der Waals surface area contributed by atoms with Crippen LogP contribution in [0.3, 0.4) is 0 Å². The molecular formula is C14H14N4OS4. The van der Waals surface area contributed by atoms with Crippen molar-refractivity contribution in [2.75, 3.05) is 16.8 Å². The molecule has 3 aromatic rings. The molecule has 1 amide bonds. The molecule has 2 aromatic heterocycles. The maximum Gasteiger partial charge on any atom is 0.236 e. The number of thioether (sulfide) groups is 2. The zero-order valence-electron chi connectivity index (χ0n) is 12.3. The van der Waals surface area contributed by atoms with Crippen LogP contribution in [0.25, 0.3) is 10.2 Å². The number of rotatable bonds is 7. The molecule has 1 aromatic carbocycles. The van der Waals surface area contributed by atoms with E-state index >= 15 is 0 Å². The third kappa shape index (κ3) is 4.66. The van der Waals surface area contributed by atoms with E-state index < -0.39 is 0 Å². The first-order chi connectivity index (χ1) is 11.2. The van der Waals surface area contributed by atoms with Gasteiger partial charge >= 0.3 is 0 Å². The fourth-order valence-electron chi connectivity index (χ4n) is 1.81. The number of nitrogens with zero attached hydrogens (tertiary/aromatic N) is 3. The number of nitrogens with one attached hydrogen (secondary N) is 1. The molecule has 0 saturated heterocycles. The molecule has 3 rings (SSSR count). The second kappa shape index (κ2) is 8.09. The van der Waals surface area contributed by atoms with Crippen molar-refractivity contribution in [3.8, 4) is 0 Å². The van der Waals surface area contributed by atoms with Crippen molar-refractivity contribution in [1.29, 1.82) is 0 Å². The number of benzene rings is 1. The third-order valence-electron chi connectivity index (χ3n) is 2.72. The summed E-state index contributed by atoms with van der Waals surface area (Å²) in [5, 5.41) is 12.4. The molecule has 0 aliphatic heterocycles. The summed E-state index contributed by atoms with van der Waals surface area (Å²) in [7, 11) is 0. The number of amides is 1. The fourth-order valence-corrected chi connectivity index (χ4v) is 5.32. The molecule has 2 heterocycles. The van der Waals surface area contributed by atoms with Crippen LogP contribution in [0.4, 0.5) is 5.13 Å². The quantitative estimate of drug-likeness (QED) is 0.489. The summed E-state index contributed by atoms with van der Waals surface area (Å²) in [4.78, 5) is 16.5. The molecule has 9 heteroatoms. The number of hydrogen-bond donors (Lipinski definition) is 1. The van der Waals surface area contributed by atoms with Gasteiger partial charge in [-0.3, -0.25) is 10.1 Å². The average molecular weight is 383 g/mol. The van der Waals surface area contributed by atoms with Gasteiger partial charge in [-0.2, -0.15) is 0 Å². The molecule has 0 spiro atoms. The minimum Gasteiger partial charge on any atom is -0.300 e. The van der Waals surface area contributed by atoms with E-state index in [0.717, 1.165) is 26.4 Å². The van der Waals surface area contributed by atoms with E-state index in [9.17, 15) is 4.79 Å². The minimum absolute atomic E-state index is 0.0553. The number of fused-ring (bicyclic) bond motifs is 1. The maximum atomic E-state index is 11.9. The summed E-state index contributed by atoms with van der Waals surface area (Å²) in [6.45, 7) is 2.06. The molecule has 0 aliphatic carbocycles. The number of aromatic nitrogens is 3. The largest absolute Gasteiger partial charge is 0.300 e. The van der Waals surface area contributed by atoms with Crippen LogP contribution < -0.4 is 5.32 Å². The molecular weight excluding hydrogens is 368 g/mol. The molecule has 1 N–H and O–H groups in total. The van der Waals surface area contributed by atoms with Crippen LogP contribution in [0.1, 0.15) is 11.9 Å². The predicted octanol–water partition coefficient (Wildman–Crippen LogP) is 4.13. The highest BCUT2D eigenvalue weighted by Gasteiger charge is 2.09. The Morgan fingerprint density at radius 1 is 1.26 bits per heavy atom. The maximum absolute atomic E-state index is 11.9. The molecule has 0 fully saturated rings. The van der Waals surface area contributed by atoms with Crippen LogP contribution in [0.2, 0.25) is 0 Å². The van der Waals surface area contributed by atoms with Gasteiger partial charge in [0.25, 0.3) is 0 Å². The average Bonchev–Trinajstić information content (AvgIpc) is 3.14. The lowest BCUT2D eigenvalue weighted by Crippen LogP contribution is -2.13. The summed E-state index contributed by atoms with van der Waals surface area (Å²) in [5.41, 5.74) is 1.02. The molecule has 5 nitrogen and oxygen atoms in total.